The quantitative estimate of drug-likeness (QED) is 0.625. The molecule has 0 N–H and O–H groups in total. The van der Waals surface area contributed by atoms with E-state index in [2.05, 4.69) is 0 Å². The number of halogens is 3. The molecule has 146 valence electrons. The summed E-state index contributed by atoms with van der Waals surface area (Å²) < 4.78 is 47.9. The Bertz CT molecular complexity index is 1050. The number of carbonyl (C=O) groups is 2. The van der Waals surface area contributed by atoms with Crippen LogP contribution in [0.5, 0.6) is 5.75 Å². The zero-order valence-electron chi connectivity index (χ0n) is 15.4. The van der Waals surface area contributed by atoms with E-state index in [4.69, 9.17) is 4.74 Å². The van der Waals surface area contributed by atoms with Crippen molar-refractivity contribution >= 4 is 28.5 Å². The first-order chi connectivity index (χ1) is 13.1. The molecule has 8 heteroatoms. The third kappa shape index (κ3) is 3.45. The Morgan fingerprint density at radius 2 is 1.68 bits per heavy atom. The van der Waals surface area contributed by atoms with Crippen molar-refractivity contribution in [2.24, 2.45) is 0 Å². The minimum Gasteiger partial charge on any atom is -0.424 e. The number of fused-ring (bicyclic) bond motifs is 1. The van der Waals surface area contributed by atoms with Crippen LogP contribution in [0.15, 0.2) is 48.7 Å². The molecule has 3 aromatic rings. The molecule has 1 aromatic heterocycles. The van der Waals surface area contributed by atoms with Crippen LogP contribution in [0.3, 0.4) is 0 Å². The van der Waals surface area contributed by atoms with Gasteiger partial charge >= 0.3 is 12.1 Å². The average Bonchev–Trinajstić information content (AvgIpc) is 2.98. The number of rotatable bonds is 3. The van der Waals surface area contributed by atoms with E-state index in [1.54, 1.807) is 30.3 Å². The monoisotopic (exact) mass is 390 g/mol. The Morgan fingerprint density at radius 1 is 1.04 bits per heavy atom. The zero-order chi connectivity index (χ0) is 20.6. The first kappa shape index (κ1) is 19.5. The number of esters is 1. The second-order valence-corrected chi connectivity index (χ2v) is 6.37. The summed E-state index contributed by atoms with van der Waals surface area (Å²) in [5, 5.41) is -0.335. The Kier molecular flexibility index (Phi) is 4.89. The van der Waals surface area contributed by atoms with E-state index in [1.807, 2.05) is 0 Å². The van der Waals surface area contributed by atoms with E-state index in [-0.39, 0.29) is 22.3 Å². The highest BCUT2D eigenvalue weighted by molar-refractivity contribution is 6.06. The molecule has 5 nitrogen and oxygen atoms in total. The molecule has 0 saturated heterocycles. The van der Waals surface area contributed by atoms with Gasteiger partial charge in [0.2, 0.25) is 0 Å². The van der Waals surface area contributed by atoms with Crippen LogP contribution < -0.4 is 9.64 Å². The van der Waals surface area contributed by atoms with E-state index in [0.717, 1.165) is 17.7 Å². The second kappa shape index (κ2) is 7.03. The molecule has 0 fully saturated rings. The van der Waals surface area contributed by atoms with E-state index < -0.39 is 23.6 Å². The molecule has 0 atom stereocenters. The van der Waals surface area contributed by atoms with Crippen LogP contribution in [-0.2, 0) is 11.0 Å². The lowest BCUT2D eigenvalue weighted by Crippen LogP contribution is -2.17. The fraction of sp³-hybridized carbons (Fsp3) is 0.200. The summed E-state index contributed by atoms with van der Waals surface area (Å²) in [5.74, 6) is -1.63. The van der Waals surface area contributed by atoms with Gasteiger partial charge in [-0.25, -0.2) is 0 Å². The van der Waals surface area contributed by atoms with Crippen molar-refractivity contribution in [3.63, 3.8) is 0 Å². The predicted molar refractivity (Wildman–Crippen MR) is 98.7 cm³/mol. The molecule has 0 amide bonds. The summed E-state index contributed by atoms with van der Waals surface area (Å²) in [6.45, 7) is 1.09. The van der Waals surface area contributed by atoms with E-state index in [0.29, 0.717) is 5.56 Å². The van der Waals surface area contributed by atoms with Gasteiger partial charge in [0, 0.05) is 32.3 Å². The summed E-state index contributed by atoms with van der Waals surface area (Å²) in [5.41, 5.74) is -0.772. The third-order valence-corrected chi connectivity index (χ3v) is 4.17. The van der Waals surface area contributed by atoms with Crippen LogP contribution >= 0.6 is 0 Å². The zero-order valence-corrected chi connectivity index (χ0v) is 15.4. The highest BCUT2D eigenvalue weighted by atomic mass is 19.4. The number of carbonyl (C=O) groups excluding carboxylic acids is 2. The van der Waals surface area contributed by atoms with Crippen molar-refractivity contribution in [3.8, 4) is 5.75 Å². The van der Waals surface area contributed by atoms with Gasteiger partial charge in [0.05, 0.1) is 22.7 Å². The lowest BCUT2D eigenvalue weighted by atomic mass is 10.1. The molecule has 0 bridgehead atoms. The normalized spacial score (nSPS) is 11.5. The number of benzene rings is 2. The lowest BCUT2D eigenvalue weighted by Gasteiger charge is -2.20. The molecule has 28 heavy (non-hydrogen) atoms. The maximum absolute atomic E-state index is 13.9. The number of hydrogen-bond acceptors (Lipinski definition) is 4. The SMILES string of the molecule is CC(=O)Oc1cn(C(=O)c2ccccc2)c2ccc(N(C)C)c(C(F)(F)F)c12. The molecule has 0 aliphatic carbocycles. The van der Waals surface area contributed by atoms with Gasteiger partial charge in [-0.05, 0) is 24.3 Å². The van der Waals surface area contributed by atoms with Crippen LogP contribution in [0, 0.1) is 0 Å². The van der Waals surface area contributed by atoms with Crippen molar-refractivity contribution in [1.29, 1.82) is 0 Å². The van der Waals surface area contributed by atoms with Gasteiger partial charge in [-0.15, -0.1) is 0 Å². The maximum Gasteiger partial charge on any atom is 0.419 e. The van der Waals surface area contributed by atoms with Crippen LogP contribution in [0.1, 0.15) is 22.8 Å². The van der Waals surface area contributed by atoms with Crippen molar-refractivity contribution in [1.82, 2.24) is 4.57 Å². The number of ether oxygens (including phenoxy) is 1. The molecule has 0 unspecified atom stereocenters. The van der Waals surface area contributed by atoms with Gasteiger partial charge in [-0.2, -0.15) is 13.2 Å². The molecule has 2 aromatic carbocycles. The number of nitrogens with zero attached hydrogens (tertiary/aromatic N) is 2. The molecular formula is C20H17F3N2O3. The molecule has 0 aliphatic rings. The number of alkyl halides is 3. The van der Waals surface area contributed by atoms with Gasteiger partial charge in [0.25, 0.3) is 5.91 Å². The van der Waals surface area contributed by atoms with Gasteiger partial charge < -0.3 is 9.64 Å². The third-order valence-electron chi connectivity index (χ3n) is 4.17. The number of aromatic nitrogens is 1. The van der Waals surface area contributed by atoms with Crippen LogP contribution in [-0.4, -0.2) is 30.5 Å². The predicted octanol–water partition coefficient (Wildman–Crippen LogP) is 4.34. The van der Waals surface area contributed by atoms with Crippen molar-refractivity contribution in [2.45, 2.75) is 13.1 Å². The minimum atomic E-state index is -4.73. The summed E-state index contributed by atoms with van der Waals surface area (Å²) in [4.78, 5) is 25.7. The van der Waals surface area contributed by atoms with Crippen LogP contribution in [0.4, 0.5) is 18.9 Å². The van der Waals surface area contributed by atoms with Crippen LogP contribution in [0.25, 0.3) is 10.9 Å². The maximum atomic E-state index is 13.9. The number of anilines is 1. The molecule has 1 heterocycles. The Hall–Kier alpha value is -3.29. The summed E-state index contributed by atoms with van der Waals surface area (Å²) in [6, 6.07) is 10.8. The van der Waals surface area contributed by atoms with Gasteiger partial charge in [-0.1, -0.05) is 18.2 Å². The molecule has 0 saturated carbocycles. The standard InChI is InChI=1S/C20H17F3N2O3/c1-12(26)28-16-11-25(19(27)13-7-5-4-6-8-13)14-9-10-15(24(2)3)18(17(14)16)20(21,22)23/h4-11H,1-3H3. The van der Waals surface area contributed by atoms with Crippen LogP contribution in [0.2, 0.25) is 0 Å². The lowest BCUT2D eigenvalue weighted by molar-refractivity contribution is -0.136. The van der Waals surface area contributed by atoms with Gasteiger partial charge in [0.15, 0.2) is 5.75 Å². The van der Waals surface area contributed by atoms with Gasteiger partial charge in [-0.3, -0.25) is 14.2 Å². The first-order valence-corrected chi connectivity index (χ1v) is 8.32. The highest BCUT2D eigenvalue weighted by Gasteiger charge is 2.39. The molecule has 3 rings (SSSR count). The van der Waals surface area contributed by atoms with Crippen molar-refractivity contribution in [2.75, 3.05) is 19.0 Å². The molecule has 0 aliphatic heterocycles. The van der Waals surface area contributed by atoms with E-state index >= 15 is 0 Å². The second-order valence-electron chi connectivity index (χ2n) is 6.37. The molecule has 0 spiro atoms. The fourth-order valence-electron chi connectivity index (χ4n) is 3.06. The topological polar surface area (TPSA) is 51.5 Å². The highest BCUT2D eigenvalue weighted by Crippen LogP contribution is 2.45. The average molecular weight is 390 g/mol. The molecular weight excluding hydrogens is 373 g/mol. The minimum absolute atomic E-state index is 0.00280. The Labute approximate surface area is 158 Å². The van der Waals surface area contributed by atoms with E-state index in [9.17, 15) is 22.8 Å². The Balaban J connectivity index is 2.37. The summed E-state index contributed by atoms with van der Waals surface area (Å²) >= 11 is 0. The largest absolute Gasteiger partial charge is 0.424 e. The number of hydrogen-bond donors (Lipinski definition) is 0. The molecule has 0 radical (unpaired) electrons. The summed E-state index contributed by atoms with van der Waals surface area (Å²) in [7, 11) is 2.96. The summed E-state index contributed by atoms with van der Waals surface area (Å²) in [6.07, 6.45) is -3.61. The smallest absolute Gasteiger partial charge is 0.419 e. The first-order valence-electron chi connectivity index (χ1n) is 8.32. The van der Waals surface area contributed by atoms with Gasteiger partial charge in [0.1, 0.15) is 0 Å². The van der Waals surface area contributed by atoms with Crippen molar-refractivity contribution < 1.29 is 27.5 Å². The fourth-order valence-corrected chi connectivity index (χ4v) is 3.06. The van der Waals surface area contributed by atoms with E-state index in [1.165, 1.54) is 31.1 Å². The Morgan fingerprint density at radius 3 is 2.21 bits per heavy atom. The van der Waals surface area contributed by atoms with Crippen molar-refractivity contribution in [3.05, 3.63) is 59.8 Å².